The molecule has 1 heterocycles. The average Bonchev–Trinajstić information content (AvgIpc) is 2.27. The van der Waals surface area contributed by atoms with Gasteiger partial charge in [-0.2, -0.15) is 0 Å². The third-order valence-electron chi connectivity index (χ3n) is 2.68. The first-order valence-corrected chi connectivity index (χ1v) is 6.48. The number of amidine groups is 1. The summed E-state index contributed by atoms with van der Waals surface area (Å²) in [7, 11) is 0. The molecular weight excluding hydrogens is 280 g/mol. The predicted molar refractivity (Wildman–Crippen MR) is 74.0 cm³/mol. The summed E-state index contributed by atoms with van der Waals surface area (Å²) in [5.41, 5.74) is 6.66. The molecule has 0 aliphatic heterocycles. The molecule has 0 saturated heterocycles. The first-order chi connectivity index (χ1) is 8.02. The van der Waals surface area contributed by atoms with Gasteiger partial charge in [0.15, 0.2) is 0 Å². The van der Waals surface area contributed by atoms with Gasteiger partial charge >= 0.3 is 0 Å². The van der Waals surface area contributed by atoms with Crippen molar-refractivity contribution in [3.8, 4) is 0 Å². The number of hydrogen-bond acceptors (Lipinski definition) is 3. The van der Waals surface area contributed by atoms with Crippen molar-refractivity contribution in [3.63, 3.8) is 0 Å². The molecular formula is C12H19BrN4. The Bertz CT molecular complexity index is 381. The number of rotatable bonds is 6. The topological polar surface area (TPSA) is 66.0 Å². The summed E-state index contributed by atoms with van der Waals surface area (Å²) in [4.78, 5) is 6.40. The van der Waals surface area contributed by atoms with Crippen LogP contribution in [-0.2, 0) is 6.54 Å². The Morgan fingerprint density at radius 3 is 2.82 bits per heavy atom. The molecule has 0 aliphatic carbocycles. The van der Waals surface area contributed by atoms with Crippen LogP contribution in [0.25, 0.3) is 0 Å². The molecule has 4 nitrogen and oxygen atoms in total. The van der Waals surface area contributed by atoms with Crippen molar-refractivity contribution in [2.75, 3.05) is 13.1 Å². The summed E-state index contributed by atoms with van der Waals surface area (Å²) in [5.74, 6) is 0.339. The normalized spacial score (nSPS) is 12.7. The smallest absolute Gasteiger partial charge is 0.0947 e. The molecule has 0 spiro atoms. The van der Waals surface area contributed by atoms with Crippen molar-refractivity contribution in [2.24, 2.45) is 11.7 Å². The van der Waals surface area contributed by atoms with E-state index >= 15 is 0 Å². The van der Waals surface area contributed by atoms with Crippen molar-refractivity contribution < 1.29 is 0 Å². The fourth-order valence-corrected chi connectivity index (χ4v) is 2.00. The van der Waals surface area contributed by atoms with E-state index in [0.717, 1.165) is 29.7 Å². The van der Waals surface area contributed by atoms with Gasteiger partial charge in [-0.25, -0.2) is 0 Å². The number of hydrogen-bond donors (Lipinski definition) is 2. The number of nitrogens with two attached hydrogens (primary N) is 1. The van der Waals surface area contributed by atoms with Crippen molar-refractivity contribution in [2.45, 2.75) is 20.4 Å². The summed E-state index contributed by atoms with van der Waals surface area (Å²) in [6.45, 7) is 6.66. The molecule has 0 aliphatic rings. The lowest BCUT2D eigenvalue weighted by Gasteiger charge is -2.23. The van der Waals surface area contributed by atoms with Crippen molar-refractivity contribution in [1.29, 1.82) is 5.41 Å². The van der Waals surface area contributed by atoms with Crippen LogP contribution in [0.1, 0.15) is 19.4 Å². The summed E-state index contributed by atoms with van der Waals surface area (Å²) >= 11 is 3.41. The Kier molecular flexibility index (Phi) is 5.58. The van der Waals surface area contributed by atoms with Gasteiger partial charge in [0, 0.05) is 35.9 Å². The summed E-state index contributed by atoms with van der Waals surface area (Å²) < 4.78 is 0.991. The van der Waals surface area contributed by atoms with E-state index < -0.39 is 0 Å². The fraction of sp³-hybridized carbons (Fsp3) is 0.500. The highest BCUT2D eigenvalue weighted by molar-refractivity contribution is 9.10. The van der Waals surface area contributed by atoms with E-state index in [0.29, 0.717) is 0 Å². The molecule has 3 N–H and O–H groups in total. The van der Waals surface area contributed by atoms with E-state index in [9.17, 15) is 0 Å². The van der Waals surface area contributed by atoms with Gasteiger partial charge in [0.05, 0.1) is 5.84 Å². The van der Waals surface area contributed by atoms with Crippen LogP contribution in [0.3, 0.4) is 0 Å². The third kappa shape index (κ3) is 4.83. The van der Waals surface area contributed by atoms with Gasteiger partial charge < -0.3 is 5.73 Å². The van der Waals surface area contributed by atoms with Crippen molar-refractivity contribution in [1.82, 2.24) is 9.88 Å². The number of halogens is 1. The van der Waals surface area contributed by atoms with E-state index in [-0.39, 0.29) is 11.8 Å². The molecule has 0 aromatic carbocycles. The highest BCUT2D eigenvalue weighted by atomic mass is 79.9. The van der Waals surface area contributed by atoms with Crippen LogP contribution in [0.2, 0.25) is 0 Å². The van der Waals surface area contributed by atoms with Gasteiger partial charge in [-0.3, -0.25) is 15.3 Å². The van der Waals surface area contributed by atoms with E-state index in [2.05, 4.69) is 38.8 Å². The Morgan fingerprint density at radius 2 is 2.29 bits per heavy atom. The first-order valence-electron chi connectivity index (χ1n) is 5.68. The van der Waals surface area contributed by atoms with Crippen molar-refractivity contribution >= 4 is 21.8 Å². The minimum atomic E-state index is 0.0927. The Balaban J connectivity index is 2.61. The first kappa shape index (κ1) is 14.1. The van der Waals surface area contributed by atoms with Crippen LogP contribution >= 0.6 is 15.9 Å². The van der Waals surface area contributed by atoms with E-state index in [1.807, 2.05) is 13.1 Å². The maximum absolute atomic E-state index is 7.41. The van der Waals surface area contributed by atoms with Crippen LogP contribution < -0.4 is 5.73 Å². The summed E-state index contributed by atoms with van der Waals surface area (Å²) in [6.07, 6.45) is 3.64. The number of pyridine rings is 1. The third-order valence-corrected chi connectivity index (χ3v) is 3.11. The standard InChI is InChI=1S/C12H19BrN4/c1-3-17(7-9(2)12(14)15)8-10-4-11(13)6-16-5-10/h4-6,9H,3,7-8H2,1-2H3,(H3,14,15). The Hall–Kier alpha value is -0.940. The Morgan fingerprint density at radius 1 is 1.59 bits per heavy atom. The molecule has 1 aromatic heterocycles. The molecule has 5 heteroatoms. The molecule has 0 bridgehead atoms. The van der Waals surface area contributed by atoms with Crippen LogP contribution in [0.15, 0.2) is 22.9 Å². The molecule has 1 aromatic rings. The molecule has 17 heavy (non-hydrogen) atoms. The Labute approximate surface area is 111 Å². The zero-order chi connectivity index (χ0) is 12.8. The monoisotopic (exact) mass is 298 g/mol. The number of aromatic nitrogens is 1. The fourth-order valence-electron chi connectivity index (χ4n) is 1.59. The molecule has 0 fully saturated rings. The van der Waals surface area contributed by atoms with Gasteiger partial charge in [0.1, 0.15) is 0 Å². The molecule has 94 valence electrons. The highest BCUT2D eigenvalue weighted by Crippen LogP contribution is 2.12. The second-order valence-electron chi connectivity index (χ2n) is 4.20. The lowest BCUT2D eigenvalue weighted by atomic mass is 10.1. The summed E-state index contributed by atoms with van der Waals surface area (Å²) in [5, 5.41) is 7.41. The van der Waals surface area contributed by atoms with Crippen LogP contribution in [-0.4, -0.2) is 28.8 Å². The predicted octanol–water partition coefficient (Wildman–Crippen LogP) is 2.24. The van der Waals surface area contributed by atoms with Gasteiger partial charge in [-0.15, -0.1) is 0 Å². The number of nitrogens with one attached hydrogen (secondary N) is 1. The van der Waals surface area contributed by atoms with E-state index in [1.54, 1.807) is 6.20 Å². The molecule has 0 saturated carbocycles. The quantitative estimate of drug-likeness (QED) is 0.625. The molecule has 0 amide bonds. The molecule has 1 atom stereocenters. The van der Waals surface area contributed by atoms with Gasteiger partial charge in [0.25, 0.3) is 0 Å². The van der Waals surface area contributed by atoms with Crippen LogP contribution in [0, 0.1) is 11.3 Å². The highest BCUT2D eigenvalue weighted by Gasteiger charge is 2.11. The zero-order valence-corrected chi connectivity index (χ0v) is 11.9. The average molecular weight is 299 g/mol. The second-order valence-corrected chi connectivity index (χ2v) is 5.11. The van der Waals surface area contributed by atoms with Gasteiger partial charge in [-0.05, 0) is 34.1 Å². The lowest BCUT2D eigenvalue weighted by molar-refractivity contribution is 0.263. The minimum absolute atomic E-state index is 0.0927. The van der Waals surface area contributed by atoms with Crippen LogP contribution in [0.4, 0.5) is 0 Å². The SMILES string of the molecule is CCN(Cc1cncc(Br)c1)CC(C)C(=N)N. The van der Waals surface area contributed by atoms with Gasteiger partial charge in [-0.1, -0.05) is 13.8 Å². The second kappa shape index (κ2) is 6.71. The zero-order valence-electron chi connectivity index (χ0n) is 10.3. The van der Waals surface area contributed by atoms with Crippen molar-refractivity contribution in [3.05, 3.63) is 28.5 Å². The summed E-state index contributed by atoms with van der Waals surface area (Å²) in [6, 6.07) is 2.06. The minimum Gasteiger partial charge on any atom is -0.387 e. The number of nitrogens with zero attached hydrogens (tertiary/aromatic N) is 2. The van der Waals surface area contributed by atoms with Gasteiger partial charge in [0.2, 0.25) is 0 Å². The largest absolute Gasteiger partial charge is 0.387 e. The van der Waals surface area contributed by atoms with Crippen LogP contribution in [0.5, 0.6) is 0 Å². The maximum atomic E-state index is 7.41. The molecule has 1 unspecified atom stereocenters. The van der Waals surface area contributed by atoms with E-state index in [4.69, 9.17) is 11.1 Å². The molecule has 1 rings (SSSR count). The molecule has 0 radical (unpaired) electrons. The van der Waals surface area contributed by atoms with E-state index in [1.165, 1.54) is 0 Å². The maximum Gasteiger partial charge on any atom is 0.0947 e. The lowest BCUT2D eigenvalue weighted by Crippen LogP contribution is -2.34.